The zero-order valence-electron chi connectivity index (χ0n) is 15.7. The third-order valence-electron chi connectivity index (χ3n) is 4.71. The minimum Gasteiger partial charge on any atom is -0.323 e. The van der Waals surface area contributed by atoms with E-state index < -0.39 is 11.6 Å². The van der Waals surface area contributed by atoms with Crippen molar-refractivity contribution in [3.63, 3.8) is 0 Å². The lowest BCUT2D eigenvalue weighted by molar-refractivity contribution is -0.123. The largest absolute Gasteiger partial charge is 0.323 e. The second-order valence-corrected chi connectivity index (χ2v) is 8.10. The third-order valence-corrected chi connectivity index (χ3v) is 5.70. The van der Waals surface area contributed by atoms with Crippen LogP contribution in [0.4, 0.5) is 19.6 Å². The highest BCUT2D eigenvalue weighted by molar-refractivity contribution is 7.15. The van der Waals surface area contributed by atoms with E-state index in [1.165, 1.54) is 17.4 Å². The molecule has 0 bridgehead atoms. The Morgan fingerprint density at radius 1 is 1.29 bits per heavy atom. The summed E-state index contributed by atoms with van der Waals surface area (Å²) in [4.78, 5) is 32.0. The number of carbonyl (C=O) groups is 2. The molecule has 2 amide bonds. The molecule has 2 N–H and O–H groups in total. The summed E-state index contributed by atoms with van der Waals surface area (Å²) >= 11 is 1.43. The highest BCUT2D eigenvalue weighted by Gasteiger charge is 2.27. The number of anilines is 2. The number of amides is 2. The van der Waals surface area contributed by atoms with Gasteiger partial charge in [-0.2, -0.15) is 0 Å². The lowest BCUT2D eigenvalue weighted by atomic mass is 9.97. The van der Waals surface area contributed by atoms with Gasteiger partial charge in [0.05, 0.1) is 23.8 Å². The number of carbonyl (C=O) groups excluding carboxylic acids is 2. The number of rotatable bonds is 5. The topological polar surface area (TPSA) is 74.3 Å². The maximum atomic E-state index is 13.7. The van der Waals surface area contributed by atoms with Crippen molar-refractivity contribution in [3.8, 4) is 0 Å². The molecule has 0 radical (unpaired) electrons. The minimum absolute atomic E-state index is 0.0456. The molecule has 0 saturated carbocycles. The first-order valence-corrected chi connectivity index (χ1v) is 9.85. The highest BCUT2D eigenvalue weighted by Crippen LogP contribution is 2.22. The lowest BCUT2D eigenvalue weighted by Crippen LogP contribution is -2.44. The summed E-state index contributed by atoms with van der Waals surface area (Å²) in [5.74, 6) is -2.39. The van der Waals surface area contributed by atoms with Crippen molar-refractivity contribution in [1.29, 1.82) is 0 Å². The fourth-order valence-electron chi connectivity index (χ4n) is 3.13. The van der Waals surface area contributed by atoms with Crippen molar-refractivity contribution in [1.82, 2.24) is 9.88 Å². The van der Waals surface area contributed by atoms with Gasteiger partial charge in [0.25, 0.3) is 0 Å². The summed E-state index contributed by atoms with van der Waals surface area (Å²) < 4.78 is 26.7. The maximum absolute atomic E-state index is 13.7. The molecular formula is C19H22F2N4O2S. The van der Waals surface area contributed by atoms with E-state index in [-0.39, 0.29) is 30.0 Å². The molecule has 1 fully saturated rings. The second kappa shape index (κ2) is 8.74. The molecule has 2 aromatic rings. The van der Waals surface area contributed by atoms with Crippen LogP contribution in [-0.2, 0) is 9.59 Å². The van der Waals surface area contributed by atoms with Crippen molar-refractivity contribution in [3.05, 3.63) is 40.4 Å². The Morgan fingerprint density at radius 3 is 2.75 bits per heavy atom. The Bertz CT molecular complexity index is 867. The Hall–Kier alpha value is -2.39. The van der Waals surface area contributed by atoms with E-state index in [9.17, 15) is 18.4 Å². The molecule has 6 nitrogen and oxygen atoms in total. The van der Waals surface area contributed by atoms with E-state index in [0.29, 0.717) is 24.6 Å². The molecule has 28 heavy (non-hydrogen) atoms. The Kier molecular flexibility index (Phi) is 6.35. The Balaban J connectivity index is 1.54. The number of piperidine rings is 1. The summed E-state index contributed by atoms with van der Waals surface area (Å²) in [6.45, 7) is 5.10. The van der Waals surface area contributed by atoms with Crippen molar-refractivity contribution in [2.75, 3.05) is 30.3 Å². The number of likely N-dealkylation sites (tertiary alicyclic amines) is 1. The lowest BCUT2D eigenvalue weighted by Gasteiger charge is -2.31. The molecule has 1 saturated heterocycles. The first-order valence-electron chi connectivity index (χ1n) is 9.04. The van der Waals surface area contributed by atoms with Gasteiger partial charge < -0.3 is 10.6 Å². The van der Waals surface area contributed by atoms with Crippen LogP contribution in [0.15, 0.2) is 18.2 Å². The van der Waals surface area contributed by atoms with Crippen LogP contribution < -0.4 is 10.6 Å². The van der Waals surface area contributed by atoms with Crippen LogP contribution in [0.25, 0.3) is 0 Å². The number of hydrogen-bond acceptors (Lipinski definition) is 5. The van der Waals surface area contributed by atoms with Crippen LogP contribution in [-0.4, -0.2) is 41.3 Å². The van der Waals surface area contributed by atoms with Gasteiger partial charge in [0.2, 0.25) is 11.8 Å². The highest BCUT2D eigenvalue weighted by atomic mass is 32.1. The van der Waals surface area contributed by atoms with Crippen molar-refractivity contribution in [2.24, 2.45) is 5.92 Å². The second-order valence-electron chi connectivity index (χ2n) is 6.90. The van der Waals surface area contributed by atoms with Crippen LogP contribution in [0.3, 0.4) is 0 Å². The first-order chi connectivity index (χ1) is 13.3. The van der Waals surface area contributed by atoms with Gasteiger partial charge in [-0.3, -0.25) is 14.5 Å². The van der Waals surface area contributed by atoms with Crippen molar-refractivity contribution in [2.45, 2.75) is 26.7 Å². The van der Waals surface area contributed by atoms with Crippen molar-refractivity contribution >= 4 is 34.0 Å². The standard InChI is InChI=1S/C19H22F2N4O2S/c1-11-12(2)28-19(22-11)24-17(26)10-25-7-3-4-13(9-25)18(27)23-16-6-5-14(20)8-15(16)21/h5-6,8,13H,3-4,7,9-10H2,1-2H3,(H,23,27)(H,22,24,26). The number of aryl methyl sites for hydroxylation is 2. The average molecular weight is 408 g/mol. The number of nitrogens with zero attached hydrogens (tertiary/aromatic N) is 2. The van der Waals surface area contributed by atoms with Crippen LogP contribution in [0.2, 0.25) is 0 Å². The van der Waals surface area contributed by atoms with Gasteiger partial charge in [0.1, 0.15) is 11.6 Å². The number of halogens is 2. The fraction of sp³-hybridized carbons (Fsp3) is 0.421. The summed E-state index contributed by atoms with van der Waals surface area (Å²) in [7, 11) is 0. The molecule has 1 atom stereocenters. The number of nitrogens with one attached hydrogen (secondary N) is 2. The van der Waals surface area contributed by atoms with E-state index in [1.54, 1.807) is 0 Å². The number of aromatic nitrogens is 1. The van der Waals surface area contributed by atoms with Crippen LogP contribution in [0, 0.1) is 31.4 Å². The van der Waals surface area contributed by atoms with E-state index in [1.807, 2.05) is 18.7 Å². The molecule has 0 spiro atoms. The number of hydrogen-bond donors (Lipinski definition) is 2. The van der Waals surface area contributed by atoms with Gasteiger partial charge in [-0.15, -0.1) is 11.3 Å². The summed E-state index contributed by atoms with van der Waals surface area (Å²) in [5, 5.41) is 5.87. The van der Waals surface area contributed by atoms with Gasteiger partial charge in [0.15, 0.2) is 5.13 Å². The summed E-state index contributed by atoms with van der Waals surface area (Å²) in [6, 6.07) is 3.03. The van der Waals surface area contributed by atoms with E-state index in [0.717, 1.165) is 29.1 Å². The molecule has 0 aliphatic carbocycles. The predicted octanol–water partition coefficient (Wildman–Crippen LogP) is 3.33. The normalized spacial score (nSPS) is 17.4. The zero-order chi connectivity index (χ0) is 20.3. The molecule has 1 unspecified atom stereocenters. The molecule has 150 valence electrons. The summed E-state index contributed by atoms with van der Waals surface area (Å²) in [5.41, 5.74) is 0.846. The number of thiazole rings is 1. The average Bonchev–Trinajstić information content (AvgIpc) is 2.94. The van der Waals surface area contributed by atoms with Crippen LogP contribution >= 0.6 is 11.3 Å². The smallest absolute Gasteiger partial charge is 0.240 e. The molecule has 2 heterocycles. The molecule has 9 heteroatoms. The maximum Gasteiger partial charge on any atom is 0.240 e. The fourth-order valence-corrected chi connectivity index (χ4v) is 3.96. The molecular weight excluding hydrogens is 386 g/mol. The van der Waals surface area contributed by atoms with Crippen molar-refractivity contribution < 1.29 is 18.4 Å². The molecule has 3 rings (SSSR count). The van der Waals surface area contributed by atoms with Crippen LogP contribution in [0.1, 0.15) is 23.4 Å². The van der Waals surface area contributed by atoms with Crippen LogP contribution in [0.5, 0.6) is 0 Å². The molecule has 1 aromatic heterocycles. The van der Waals surface area contributed by atoms with Gasteiger partial charge in [-0.25, -0.2) is 13.8 Å². The molecule has 1 aliphatic heterocycles. The Labute approximate surface area is 166 Å². The van der Waals surface area contributed by atoms with E-state index in [4.69, 9.17) is 0 Å². The predicted molar refractivity (Wildman–Crippen MR) is 104 cm³/mol. The molecule has 1 aliphatic rings. The molecule has 1 aromatic carbocycles. The van der Waals surface area contributed by atoms with Gasteiger partial charge >= 0.3 is 0 Å². The minimum atomic E-state index is -0.811. The van der Waals surface area contributed by atoms with E-state index >= 15 is 0 Å². The first kappa shape index (κ1) is 20.3. The van der Waals surface area contributed by atoms with Gasteiger partial charge in [0, 0.05) is 17.5 Å². The summed E-state index contributed by atoms with van der Waals surface area (Å²) in [6.07, 6.45) is 1.41. The number of benzene rings is 1. The quantitative estimate of drug-likeness (QED) is 0.796. The zero-order valence-corrected chi connectivity index (χ0v) is 16.5. The SMILES string of the molecule is Cc1nc(NC(=O)CN2CCCC(C(=O)Nc3ccc(F)cc3F)C2)sc1C. The van der Waals surface area contributed by atoms with Gasteiger partial charge in [-0.05, 0) is 45.4 Å². The Morgan fingerprint density at radius 2 is 2.07 bits per heavy atom. The van der Waals surface area contributed by atoms with Gasteiger partial charge in [-0.1, -0.05) is 0 Å². The monoisotopic (exact) mass is 408 g/mol. The van der Waals surface area contributed by atoms with E-state index in [2.05, 4.69) is 15.6 Å². The third kappa shape index (κ3) is 5.11.